The van der Waals surface area contributed by atoms with Gasteiger partial charge in [0.05, 0.1) is 22.4 Å². The van der Waals surface area contributed by atoms with E-state index in [9.17, 15) is 14.4 Å². The molecule has 0 unspecified atom stereocenters. The van der Waals surface area contributed by atoms with Gasteiger partial charge in [0.25, 0.3) is 5.56 Å². The summed E-state index contributed by atoms with van der Waals surface area (Å²) in [7, 11) is 0. The van der Waals surface area contributed by atoms with E-state index in [1.165, 1.54) is 0 Å². The standard InChI is InChI=1S/C15H12N2O.C9H8O3.C6H8N2/c18-15-14(10-11-6-2-1-3-7-11)16-12-8-4-5-9-13(12)17-15;10-8(9(11)12)6-7-4-2-1-3-5-7;7-5-3-1-2-4-6(5)8/h1-9H,10H2,(H,17,18);1-5H,6H2,(H,11,12);1-4H,7-8H2. The minimum absolute atomic E-state index is 0.0316. The molecule has 0 aliphatic heterocycles. The Balaban J connectivity index is 0.000000173. The number of rotatable bonds is 5. The number of H-pyrrole nitrogens is 1. The van der Waals surface area contributed by atoms with Gasteiger partial charge in [0.15, 0.2) is 0 Å². The van der Waals surface area contributed by atoms with E-state index in [0.717, 1.165) is 22.2 Å². The van der Waals surface area contributed by atoms with Gasteiger partial charge in [-0.3, -0.25) is 9.59 Å². The van der Waals surface area contributed by atoms with Crippen LogP contribution in [0.15, 0.2) is 114 Å². The summed E-state index contributed by atoms with van der Waals surface area (Å²) in [6, 6.07) is 33.5. The van der Waals surface area contributed by atoms with Crippen molar-refractivity contribution in [1.29, 1.82) is 0 Å². The number of Topliss-reactive ketones (excluding diaryl/α,β-unsaturated/α-hetero) is 1. The molecule has 38 heavy (non-hydrogen) atoms. The van der Waals surface area contributed by atoms with Crippen LogP contribution in [0.3, 0.4) is 0 Å². The number of aliphatic carboxylic acids is 1. The predicted molar refractivity (Wildman–Crippen MR) is 150 cm³/mol. The van der Waals surface area contributed by atoms with Gasteiger partial charge < -0.3 is 21.6 Å². The maximum Gasteiger partial charge on any atom is 0.372 e. The Morgan fingerprint density at radius 1 is 0.711 bits per heavy atom. The van der Waals surface area contributed by atoms with Crippen LogP contribution in [0, 0.1) is 0 Å². The Morgan fingerprint density at radius 3 is 1.76 bits per heavy atom. The topological polar surface area (TPSA) is 152 Å². The number of para-hydroxylation sites is 4. The molecule has 1 aromatic heterocycles. The number of nitrogen functional groups attached to an aromatic ring is 2. The number of hydrogen-bond acceptors (Lipinski definition) is 6. The Kier molecular flexibility index (Phi) is 9.89. The molecule has 8 nitrogen and oxygen atoms in total. The molecule has 6 N–H and O–H groups in total. The van der Waals surface area contributed by atoms with E-state index >= 15 is 0 Å². The first kappa shape index (κ1) is 27.3. The number of anilines is 2. The fourth-order valence-corrected chi connectivity index (χ4v) is 3.34. The highest BCUT2D eigenvalue weighted by atomic mass is 16.4. The number of nitrogens with zero attached hydrogens (tertiary/aromatic N) is 1. The summed E-state index contributed by atoms with van der Waals surface area (Å²) in [5.74, 6) is -2.15. The van der Waals surface area contributed by atoms with Crippen LogP contribution in [-0.2, 0) is 22.4 Å². The fraction of sp³-hybridized carbons (Fsp3) is 0.0667. The van der Waals surface area contributed by atoms with Crippen molar-refractivity contribution >= 4 is 34.2 Å². The highest BCUT2D eigenvalue weighted by Crippen LogP contribution is 2.11. The Bertz CT molecular complexity index is 1530. The zero-order valence-electron chi connectivity index (χ0n) is 20.6. The van der Waals surface area contributed by atoms with Crippen molar-refractivity contribution in [1.82, 2.24) is 9.97 Å². The van der Waals surface area contributed by atoms with Crippen molar-refractivity contribution in [3.8, 4) is 0 Å². The first-order chi connectivity index (χ1) is 18.3. The van der Waals surface area contributed by atoms with Gasteiger partial charge in [0.2, 0.25) is 5.78 Å². The summed E-state index contributed by atoms with van der Waals surface area (Å²) < 4.78 is 0. The molecule has 0 atom stereocenters. The largest absolute Gasteiger partial charge is 0.475 e. The van der Waals surface area contributed by atoms with Crippen molar-refractivity contribution in [2.45, 2.75) is 12.8 Å². The van der Waals surface area contributed by atoms with Crippen LogP contribution in [0.1, 0.15) is 16.8 Å². The van der Waals surface area contributed by atoms with Crippen LogP contribution in [0.4, 0.5) is 11.4 Å². The average Bonchev–Trinajstić information content (AvgIpc) is 2.93. The first-order valence-electron chi connectivity index (χ1n) is 11.8. The van der Waals surface area contributed by atoms with Gasteiger partial charge in [-0.1, -0.05) is 84.9 Å². The van der Waals surface area contributed by atoms with E-state index < -0.39 is 11.8 Å². The van der Waals surface area contributed by atoms with Crippen LogP contribution in [-0.4, -0.2) is 26.8 Å². The van der Waals surface area contributed by atoms with Gasteiger partial charge in [0.1, 0.15) is 5.69 Å². The molecule has 0 aliphatic rings. The van der Waals surface area contributed by atoms with E-state index in [1.807, 2.05) is 72.8 Å². The third kappa shape index (κ3) is 8.46. The number of nitrogens with two attached hydrogens (primary N) is 2. The van der Waals surface area contributed by atoms with Gasteiger partial charge in [-0.05, 0) is 35.4 Å². The average molecular weight is 509 g/mol. The highest BCUT2D eigenvalue weighted by molar-refractivity contribution is 6.33. The zero-order valence-corrected chi connectivity index (χ0v) is 20.6. The van der Waals surface area contributed by atoms with Gasteiger partial charge >= 0.3 is 5.97 Å². The molecule has 5 rings (SSSR count). The minimum Gasteiger partial charge on any atom is -0.475 e. The maximum atomic E-state index is 11.9. The monoisotopic (exact) mass is 508 g/mol. The van der Waals surface area contributed by atoms with Crippen molar-refractivity contribution in [3.05, 3.63) is 136 Å². The molecular formula is C30H28N4O4. The lowest BCUT2D eigenvalue weighted by atomic mass is 10.1. The SMILES string of the molecule is Nc1ccccc1N.O=C(O)C(=O)Cc1ccccc1.O=c1[nH]c2ccccc2nc1Cc1ccccc1. The lowest BCUT2D eigenvalue weighted by molar-refractivity contribution is -0.148. The van der Waals surface area contributed by atoms with Crippen LogP contribution >= 0.6 is 0 Å². The van der Waals surface area contributed by atoms with Gasteiger partial charge in [-0.2, -0.15) is 0 Å². The molecule has 4 aromatic carbocycles. The number of carbonyl (C=O) groups is 2. The number of carboxylic acids is 1. The number of benzene rings is 4. The number of aromatic nitrogens is 2. The number of nitrogens with one attached hydrogen (secondary N) is 1. The number of hydrogen-bond donors (Lipinski definition) is 4. The third-order valence-corrected chi connectivity index (χ3v) is 5.33. The molecule has 0 saturated heterocycles. The molecule has 5 aromatic rings. The summed E-state index contributed by atoms with van der Waals surface area (Å²) in [6.45, 7) is 0. The van der Waals surface area contributed by atoms with E-state index in [2.05, 4.69) is 9.97 Å². The molecule has 0 aliphatic carbocycles. The number of carboxylic acid groups (broad SMARTS) is 1. The number of ketones is 1. The van der Waals surface area contributed by atoms with Crippen molar-refractivity contribution in [2.75, 3.05) is 11.5 Å². The van der Waals surface area contributed by atoms with Gasteiger partial charge in [-0.25, -0.2) is 9.78 Å². The van der Waals surface area contributed by atoms with E-state index in [1.54, 1.807) is 36.4 Å². The van der Waals surface area contributed by atoms with Crippen LogP contribution < -0.4 is 17.0 Å². The van der Waals surface area contributed by atoms with Crippen LogP contribution in [0.25, 0.3) is 11.0 Å². The van der Waals surface area contributed by atoms with Crippen molar-refractivity contribution in [2.24, 2.45) is 0 Å². The summed E-state index contributed by atoms with van der Waals surface area (Å²) >= 11 is 0. The molecule has 0 amide bonds. The number of aromatic amines is 1. The smallest absolute Gasteiger partial charge is 0.372 e. The second-order valence-corrected chi connectivity index (χ2v) is 8.21. The van der Waals surface area contributed by atoms with Crippen molar-refractivity contribution in [3.63, 3.8) is 0 Å². The summed E-state index contributed by atoms with van der Waals surface area (Å²) in [5.41, 5.74) is 15.9. The normalized spacial score (nSPS) is 9.89. The third-order valence-electron chi connectivity index (χ3n) is 5.33. The van der Waals surface area contributed by atoms with Crippen molar-refractivity contribution < 1.29 is 14.7 Å². The molecule has 0 saturated carbocycles. The van der Waals surface area contributed by atoms with E-state index in [-0.39, 0.29) is 12.0 Å². The highest BCUT2D eigenvalue weighted by Gasteiger charge is 2.11. The summed E-state index contributed by atoms with van der Waals surface area (Å²) in [4.78, 5) is 40.1. The number of carbonyl (C=O) groups excluding carboxylic acids is 1. The van der Waals surface area contributed by atoms with Gasteiger partial charge in [0, 0.05) is 12.8 Å². The Morgan fingerprint density at radius 2 is 1.21 bits per heavy atom. The molecule has 0 spiro atoms. The molecule has 192 valence electrons. The van der Waals surface area contributed by atoms with E-state index in [0.29, 0.717) is 23.5 Å². The predicted octanol–water partition coefficient (Wildman–Crippen LogP) is 4.25. The fourth-order valence-electron chi connectivity index (χ4n) is 3.34. The van der Waals surface area contributed by atoms with E-state index in [4.69, 9.17) is 16.6 Å². The Labute approximate surface area is 219 Å². The molecular weight excluding hydrogens is 480 g/mol. The lowest BCUT2D eigenvalue weighted by Crippen LogP contribution is -2.15. The zero-order chi connectivity index (χ0) is 27.3. The van der Waals surface area contributed by atoms with Crippen LogP contribution in [0.5, 0.6) is 0 Å². The summed E-state index contributed by atoms with van der Waals surface area (Å²) in [5, 5.41) is 8.29. The quantitative estimate of drug-likeness (QED) is 0.205. The maximum absolute atomic E-state index is 11.9. The minimum atomic E-state index is -1.38. The molecule has 8 heteroatoms. The van der Waals surface area contributed by atoms with Gasteiger partial charge in [-0.15, -0.1) is 0 Å². The summed E-state index contributed by atoms with van der Waals surface area (Å²) in [6.07, 6.45) is 0.525. The first-order valence-corrected chi connectivity index (χ1v) is 11.8. The molecule has 0 fully saturated rings. The molecule has 1 heterocycles. The molecule has 0 radical (unpaired) electrons. The lowest BCUT2D eigenvalue weighted by Gasteiger charge is -2.02. The second-order valence-electron chi connectivity index (χ2n) is 8.21. The molecule has 0 bridgehead atoms. The second kappa shape index (κ2) is 13.7. The van der Waals surface area contributed by atoms with Crippen LogP contribution in [0.2, 0.25) is 0 Å². The number of fused-ring (bicyclic) bond motifs is 1. The Hall–Kier alpha value is -5.24.